The molecule has 0 saturated carbocycles. The van der Waals surface area contributed by atoms with Crippen molar-refractivity contribution >= 4 is 11.8 Å². The van der Waals surface area contributed by atoms with Crippen LogP contribution in [0.4, 0.5) is 16.2 Å². The van der Waals surface area contributed by atoms with Gasteiger partial charge in [-0.2, -0.15) is 4.98 Å². The third-order valence-corrected chi connectivity index (χ3v) is 3.74. The summed E-state index contributed by atoms with van der Waals surface area (Å²) in [5.41, 5.74) is 3.44. The topological polar surface area (TPSA) is 49.8 Å². The minimum atomic E-state index is -0.233. The molecule has 0 aliphatic rings. The number of nitrogens with one attached hydrogen (secondary N) is 2. The van der Waals surface area contributed by atoms with E-state index in [0.717, 1.165) is 11.4 Å². The van der Waals surface area contributed by atoms with Crippen LogP contribution >= 0.6 is 0 Å². The minimum Gasteiger partial charge on any atom is -0.366 e. The molecule has 0 radical (unpaired) electrons. The van der Waals surface area contributed by atoms with Crippen LogP contribution in [-0.2, 0) is 13.1 Å². The van der Waals surface area contributed by atoms with Gasteiger partial charge in [0.05, 0.1) is 0 Å². The first-order valence-electron chi connectivity index (χ1n) is 7.80. The summed E-state index contributed by atoms with van der Waals surface area (Å²) in [5.74, 6) is 1.06. The maximum Gasteiger partial charge on any atom is 0.224 e. The van der Waals surface area contributed by atoms with E-state index in [4.69, 9.17) is 0 Å². The van der Waals surface area contributed by atoms with Crippen molar-refractivity contribution in [3.05, 3.63) is 83.3 Å². The SMILES string of the molecule is Cc1ccccc1CNc1nccc(NCc2ccc(F)cc2)n1. The summed E-state index contributed by atoms with van der Waals surface area (Å²) in [7, 11) is 0. The zero-order valence-electron chi connectivity index (χ0n) is 13.5. The third-order valence-electron chi connectivity index (χ3n) is 3.74. The minimum absolute atomic E-state index is 0.233. The smallest absolute Gasteiger partial charge is 0.224 e. The predicted octanol–water partition coefficient (Wildman–Crippen LogP) is 4.15. The summed E-state index contributed by atoms with van der Waals surface area (Å²) >= 11 is 0. The number of anilines is 2. The number of aryl methyl sites for hydroxylation is 1. The average molecular weight is 322 g/mol. The largest absolute Gasteiger partial charge is 0.366 e. The lowest BCUT2D eigenvalue weighted by molar-refractivity contribution is 0.627. The molecule has 0 aliphatic carbocycles. The molecule has 1 aromatic heterocycles. The first-order valence-corrected chi connectivity index (χ1v) is 7.80. The van der Waals surface area contributed by atoms with E-state index in [1.54, 1.807) is 18.3 Å². The van der Waals surface area contributed by atoms with Crippen molar-refractivity contribution in [2.45, 2.75) is 20.0 Å². The molecule has 0 fully saturated rings. The summed E-state index contributed by atoms with van der Waals surface area (Å²) in [6, 6.07) is 16.4. The first-order chi connectivity index (χ1) is 11.7. The lowest BCUT2D eigenvalue weighted by Crippen LogP contribution is -2.07. The molecule has 0 bridgehead atoms. The fraction of sp³-hybridized carbons (Fsp3) is 0.158. The van der Waals surface area contributed by atoms with Gasteiger partial charge in [0.2, 0.25) is 5.95 Å². The second-order valence-corrected chi connectivity index (χ2v) is 5.53. The Bertz CT molecular complexity index is 802. The van der Waals surface area contributed by atoms with Gasteiger partial charge in [-0.05, 0) is 41.8 Å². The standard InChI is InChI=1S/C19H19FN4/c1-14-4-2-3-5-16(14)13-23-19-21-11-10-18(24-19)22-12-15-6-8-17(20)9-7-15/h2-11H,12-13H2,1H3,(H2,21,22,23,24). The highest BCUT2D eigenvalue weighted by Crippen LogP contribution is 2.12. The molecule has 1 heterocycles. The van der Waals surface area contributed by atoms with Crippen LogP contribution in [0, 0.1) is 12.7 Å². The Labute approximate surface area is 140 Å². The van der Waals surface area contributed by atoms with Gasteiger partial charge in [-0.15, -0.1) is 0 Å². The molecule has 0 spiro atoms. The van der Waals surface area contributed by atoms with Crippen molar-refractivity contribution in [1.29, 1.82) is 0 Å². The Hall–Kier alpha value is -2.95. The molecule has 0 atom stereocenters. The normalized spacial score (nSPS) is 10.4. The summed E-state index contributed by atoms with van der Waals surface area (Å²) in [6.45, 7) is 3.33. The quantitative estimate of drug-likeness (QED) is 0.716. The van der Waals surface area contributed by atoms with Crippen LogP contribution in [0.2, 0.25) is 0 Å². The molecule has 122 valence electrons. The first kappa shape index (κ1) is 15.9. The van der Waals surface area contributed by atoms with Crippen LogP contribution in [0.15, 0.2) is 60.8 Å². The van der Waals surface area contributed by atoms with Crippen molar-refractivity contribution in [1.82, 2.24) is 9.97 Å². The number of rotatable bonds is 6. The Morgan fingerprint density at radius 1 is 0.917 bits per heavy atom. The zero-order valence-corrected chi connectivity index (χ0v) is 13.5. The van der Waals surface area contributed by atoms with Gasteiger partial charge in [-0.1, -0.05) is 36.4 Å². The highest BCUT2D eigenvalue weighted by Gasteiger charge is 2.02. The molecule has 0 unspecified atom stereocenters. The van der Waals surface area contributed by atoms with E-state index in [0.29, 0.717) is 19.0 Å². The van der Waals surface area contributed by atoms with Crippen molar-refractivity contribution in [3.63, 3.8) is 0 Å². The fourth-order valence-corrected chi connectivity index (χ4v) is 2.32. The zero-order chi connectivity index (χ0) is 16.8. The van der Waals surface area contributed by atoms with Crippen LogP contribution in [0.3, 0.4) is 0 Å². The summed E-state index contributed by atoms with van der Waals surface area (Å²) < 4.78 is 12.9. The maximum absolute atomic E-state index is 12.9. The van der Waals surface area contributed by atoms with Crippen molar-refractivity contribution in [3.8, 4) is 0 Å². The van der Waals surface area contributed by atoms with E-state index in [1.165, 1.54) is 23.3 Å². The van der Waals surface area contributed by atoms with Crippen LogP contribution < -0.4 is 10.6 Å². The molecule has 0 aliphatic heterocycles. The molecule has 0 amide bonds. The van der Waals surface area contributed by atoms with Gasteiger partial charge in [0.15, 0.2) is 0 Å². The van der Waals surface area contributed by atoms with E-state index in [2.05, 4.69) is 39.7 Å². The Balaban J connectivity index is 1.59. The predicted molar refractivity (Wildman–Crippen MR) is 94.3 cm³/mol. The van der Waals surface area contributed by atoms with E-state index in [-0.39, 0.29) is 5.82 Å². The van der Waals surface area contributed by atoms with E-state index in [1.807, 2.05) is 18.2 Å². The molecular formula is C19H19FN4. The number of benzene rings is 2. The lowest BCUT2D eigenvalue weighted by atomic mass is 10.1. The molecule has 3 aromatic rings. The number of hydrogen-bond donors (Lipinski definition) is 2. The van der Waals surface area contributed by atoms with Gasteiger partial charge in [0.25, 0.3) is 0 Å². The van der Waals surface area contributed by atoms with E-state index < -0.39 is 0 Å². The van der Waals surface area contributed by atoms with Gasteiger partial charge >= 0.3 is 0 Å². The van der Waals surface area contributed by atoms with E-state index in [9.17, 15) is 4.39 Å². The molecule has 4 nitrogen and oxygen atoms in total. The Kier molecular flexibility index (Phi) is 5.01. The summed E-state index contributed by atoms with van der Waals surface area (Å²) in [5, 5.41) is 6.45. The average Bonchev–Trinajstić information content (AvgIpc) is 2.61. The third kappa shape index (κ3) is 4.29. The highest BCUT2D eigenvalue weighted by atomic mass is 19.1. The van der Waals surface area contributed by atoms with Gasteiger partial charge in [0, 0.05) is 19.3 Å². The second-order valence-electron chi connectivity index (χ2n) is 5.53. The van der Waals surface area contributed by atoms with Crippen molar-refractivity contribution in [2.24, 2.45) is 0 Å². The van der Waals surface area contributed by atoms with Crippen LogP contribution in [-0.4, -0.2) is 9.97 Å². The van der Waals surface area contributed by atoms with Gasteiger partial charge in [-0.3, -0.25) is 0 Å². The number of nitrogens with zero attached hydrogens (tertiary/aromatic N) is 2. The lowest BCUT2D eigenvalue weighted by Gasteiger charge is -2.10. The molecule has 2 N–H and O–H groups in total. The number of aromatic nitrogens is 2. The fourth-order valence-electron chi connectivity index (χ4n) is 2.32. The monoisotopic (exact) mass is 322 g/mol. The Morgan fingerprint density at radius 3 is 2.50 bits per heavy atom. The van der Waals surface area contributed by atoms with Crippen LogP contribution in [0.25, 0.3) is 0 Å². The van der Waals surface area contributed by atoms with Crippen LogP contribution in [0.5, 0.6) is 0 Å². The molecular weight excluding hydrogens is 303 g/mol. The number of hydrogen-bond acceptors (Lipinski definition) is 4. The molecule has 24 heavy (non-hydrogen) atoms. The molecule has 5 heteroatoms. The maximum atomic E-state index is 12.9. The molecule has 3 rings (SSSR count). The van der Waals surface area contributed by atoms with E-state index >= 15 is 0 Å². The van der Waals surface area contributed by atoms with Crippen molar-refractivity contribution in [2.75, 3.05) is 10.6 Å². The molecule has 0 saturated heterocycles. The van der Waals surface area contributed by atoms with Crippen LogP contribution in [0.1, 0.15) is 16.7 Å². The number of halogens is 1. The second kappa shape index (κ2) is 7.55. The highest BCUT2D eigenvalue weighted by molar-refractivity contribution is 5.41. The van der Waals surface area contributed by atoms with Crippen molar-refractivity contribution < 1.29 is 4.39 Å². The summed E-state index contributed by atoms with van der Waals surface area (Å²) in [4.78, 5) is 8.68. The Morgan fingerprint density at radius 2 is 1.71 bits per heavy atom. The molecule has 2 aromatic carbocycles. The van der Waals surface area contributed by atoms with Gasteiger partial charge < -0.3 is 10.6 Å². The van der Waals surface area contributed by atoms with Gasteiger partial charge in [-0.25, -0.2) is 9.37 Å². The summed E-state index contributed by atoms with van der Waals surface area (Å²) in [6.07, 6.45) is 1.71. The van der Waals surface area contributed by atoms with Gasteiger partial charge in [0.1, 0.15) is 11.6 Å².